The van der Waals surface area contributed by atoms with Gasteiger partial charge in [0, 0.05) is 24.1 Å². The van der Waals surface area contributed by atoms with Gasteiger partial charge in [0.05, 0.1) is 22.9 Å². The van der Waals surface area contributed by atoms with E-state index in [1.165, 1.54) is 12.1 Å². The molecule has 0 radical (unpaired) electrons. The summed E-state index contributed by atoms with van der Waals surface area (Å²) in [6.07, 6.45) is 0.731. The van der Waals surface area contributed by atoms with Crippen molar-refractivity contribution in [2.24, 2.45) is 0 Å². The molecule has 1 heterocycles. The van der Waals surface area contributed by atoms with Crippen LogP contribution in [0, 0.1) is 5.82 Å². The van der Waals surface area contributed by atoms with E-state index in [4.69, 9.17) is 16.3 Å². The minimum atomic E-state index is -0.340. The van der Waals surface area contributed by atoms with Crippen molar-refractivity contribution in [3.8, 4) is 0 Å². The van der Waals surface area contributed by atoms with E-state index in [0.717, 1.165) is 11.1 Å². The van der Waals surface area contributed by atoms with Gasteiger partial charge in [0.15, 0.2) is 0 Å². The van der Waals surface area contributed by atoms with Crippen LogP contribution >= 0.6 is 24.2 Å². The number of aromatic nitrogens is 2. The predicted octanol–water partition coefficient (Wildman–Crippen LogP) is 5.19. The molecule has 0 saturated heterocycles. The summed E-state index contributed by atoms with van der Waals surface area (Å²) in [6.45, 7) is 2.67. The maximum atomic E-state index is 13.6. The fraction of sp³-hybridized carbons (Fsp3) is 0.300. The zero-order valence-electron chi connectivity index (χ0n) is 14.9. The lowest BCUT2D eigenvalue weighted by Crippen LogP contribution is -2.10. The van der Waals surface area contributed by atoms with Crippen molar-refractivity contribution in [3.05, 3.63) is 64.7 Å². The Morgan fingerprint density at radius 2 is 2.04 bits per heavy atom. The number of ether oxygens (including phenoxy) is 1. The Bertz CT molecular complexity index is 943. The Morgan fingerprint density at radius 1 is 1.30 bits per heavy atom. The number of nitrogens with zero attached hydrogens (tertiary/aromatic N) is 2. The van der Waals surface area contributed by atoms with Crippen molar-refractivity contribution in [1.82, 2.24) is 9.55 Å². The largest absolute Gasteiger partial charge is 0.466 e. The second-order valence-electron chi connectivity index (χ2n) is 6.18. The summed E-state index contributed by atoms with van der Waals surface area (Å²) in [6, 6.07) is 12.1. The van der Waals surface area contributed by atoms with Crippen molar-refractivity contribution in [1.29, 1.82) is 0 Å². The number of hydrogen-bond donors (Lipinski definition) is 1. The molecule has 0 N–H and O–H groups in total. The lowest BCUT2D eigenvalue weighted by atomic mass is 10.2. The van der Waals surface area contributed by atoms with Crippen LogP contribution in [0.4, 0.5) is 4.39 Å². The van der Waals surface area contributed by atoms with Gasteiger partial charge >= 0.3 is 5.97 Å². The summed E-state index contributed by atoms with van der Waals surface area (Å²) in [5.74, 6) is 0.0913. The second-order valence-corrected chi connectivity index (χ2v) is 7.23. The highest BCUT2D eigenvalue weighted by Gasteiger charge is 2.19. The minimum absolute atomic E-state index is 0.251. The van der Waals surface area contributed by atoms with E-state index in [1.807, 2.05) is 28.8 Å². The number of hydrogen-bond acceptors (Lipinski definition) is 4. The third-order valence-electron chi connectivity index (χ3n) is 4.22. The van der Waals surface area contributed by atoms with Gasteiger partial charge in [-0.3, -0.25) is 4.79 Å². The second kappa shape index (κ2) is 8.76. The first-order valence-corrected chi connectivity index (χ1v) is 9.61. The van der Waals surface area contributed by atoms with Crippen LogP contribution < -0.4 is 0 Å². The molecule has 0 bridgehead atoms. The van der Waals surface area contributed by atoms with Crippen LogP contribution in [0.15, 0.2) is 42.5 Å². The number of esters is 1. The molecule has 3 rings (SSSR count). The van der Waals surface area contributed by atoms with Gasteiger partial charge in [0.25, 0.3) is 0 Å². The molecule has 27 heavy (non-hydrogen) atoms. The van der Waals surface area contributed by atoms with Gasteiger partial charge in [0.1, 0.15) is 11.6 Å². The lowest BCUT2D eigenvalue weighted by molar-refractivity contribution is -0.143. The quantitative estimate of drug-likeness (QED) is 0.433. The number of benzene rings is 2. The zero-order valence-corrected chi connectivity index (χ0v) is 16.5. The molecule has 3 aromatic rings. The molecule has 7 heteroatoms. The van der Waals surface area contributed by atoms with Crippen molar-refractivity contribution < 1.29 is 13.9 Å². The van der Waals surface area contributed by atoms with E-state index >= 15 is 0 Å². The average Bonchev–Trinajstić information content (AvgIpc) is 2.99. The van der Waals surface area contributed by atoms with Gasteiger partial charge in [-0.25, -0.2) is 9.37 Å². The van der Waals surface area contributed by atoms with Crippen molar-refractivity contribution >= 4 is 41.2 Å². The third kappa shape index (κ3) is 4.82. The molecule has 142 valence electrons. The normalized spacial score (nSPS) is 12.3. The maximum Gasteiger partial charge on any atom is 0.305 e. The highest BCUT2D eigenvalue weighted by molar-refractivity contribution is 7.80. The van der Waals surface area contributed by atoms with Gasteiger partial charge in [-0.2, -0.15) is 12.6 Å². The molecule has 0 amide bonds. The number of fused-ring (bicyclic) bond motifs is 1. The van der Waals surface area contributed by atoms with Gasteiger partial charge in [0.2, 0.25) is 0 Å². The van der Waals surface area contributed by atoms with Crippen LogP contribution in [0.25, 0.3) is 11.0 Å². The summed E-state index contributed by atoms with van der Waals surface area (Å²) in [5.41, 5.74) is 2.42. The maximum absolute atomic E-state index is 13.6. The molecule has 1 unspecified atom stereocenters. The van der Waals surface area contributed by atoms with E-state index in [2.05, 4.69) is 17.6 Å². The zero-order chi connectivity index (χ0) is 19.4. The van der Waals surface area contributed by atoms with Crippen LogP contribution in [0.2, 0.25) is 5.02 Å². The Hall–Kier alpha value is -2.05. The van der Waals surface area contributed by atoms with E-state index in [0.29, 0.717) is 35.9 Å². The summed E-state index contributed by atoms with van der Waals surface area (Å²) < 4.78 is 20.6. The van der Waals surface area contributed by atoms with Crippen molar-refractivity contribution in [2.75, 3.05) is 6.61 Å². The number of carbonyl (C=O) groups is 1. The molecule has 0 fully saturated rings. The first-order valence-electron chi connectivity index (χ1n) is 8.71. The Balaban J connectivity index is 1.92. The van der Waals surface area contributed by atoms with Gasteiger partial charge in [-0.1, -0.05) is 23.7 Å². The van der Waals surface area contributed by atoms with Crippen LogP contribution in [0.3, 0.4) is 0 Å². The smallest absolute Gasteiger partial charge is 0.305 e. The molecule has 0 spiro atoms. The summed E-state index contributed by atoms with van der Waals surface area (Å²) in [4.78, 5) is 16.2. The van der Waals surface area contributed by atoms with Gasteiger partial charge < -0.3 is 9.30 Å². The van der Waals surface area contributed by atoms with E-state index in [1.54, 1.807) is 13.0 Å². The molecule has 2 aromatic carbocycles. The molecular formula is C20H20ClFN2O2S. The van der Waals surface area contributed by atoms with Gasteiger partial charge in [-0.15, -0.1) is 0 Å². The molecule has 0 aliphatic carbocycles. The Kier molecular flexibility index (Phi) is 6.39. The Labute approximate surface area is 167 Å². The van der Waals surface area contributed by atoms with Crippen LogP contribution in [-0.2, 0) is 16.1 Å². The number of imidazole rings is 1. The fourth-order valence-electron chi connectivity index (χ4n) is 2.93. The SMILES string of the molecule is CCOC(=O)CCC(S)c1nc2cc(F)ccc2n1Cc1ccc(Cl)cc1. The fourth-order valence-corrected chi connectivity index (χ4v) is 3.38. The van der Waals surface area contributed by atoms with Gasteiger partial charge in [-0.05, 0) is 43.2 Å². The van der Waals surface area contributed by atoms with E-state index < -0.39 is 0 Å². The highest BCUT2D eigenvalue weighted by atomic mass is 35.5. The number of carbonyl (C=O) groups excluding carboxylic acids is 1. The number of rotatable bonds is 7. The summed E-state index contributed by atoms with van der Waals surface area (Å²) in [5, 5.41) is 0.384. The highest BCUT2D eigenvalue weighted by Crippen LogP contribution is 2.29. The van der Waals surface area contributed by atoms with Crippen LogP contribution in [0.5, 0.6) is 0 Å². The molecule has 0 aliphatic heterocycles. The van der Waals surface area contributed by atoms with E-state index in [9.17, 15) is 9.18 Å². The number of halogens is 2. The average molecular weight is 407 g/mol. The third-order valence-corrected chi connectivity index (χ3v) is 4.96. The molecule has 0 saturated carbocycles. The standard InChI is InChI=1S/C20H20ClFN2O2S/c1-2-26-19(25)10-9-18(27)20-23-16-11-15(22)7-8-17(16)24(20)12-13-3-5-14(21)6-4-13/h3-8,11,18,27H,2,9-10,12H2,1H3. The topological polar surface area (TPSA) is 44.1 Å². The monoisotopic (exact) mass is 406 g/mol. The summed E-state index contributed by atoms with van der Waals surface area (Å²) in [7, 11) is 0. The molecule has 4 nitrogen and oxygen atoms in total. The van der Waals surface area contributed by atoms with Crippen LogP contribution in [-0.4, -0.2) is 22.1 Å². The first kappa shape index (κ1) is 19.7. The summed E-state index contributed by atoms with van der Waals surface area (Å²) >= 11 is 10.6. The lowest BCUT2D eigenvalue weighted by Gasteiger charge is -2.14. The molecule has 1 aromatic heterocycles. The van der Waals surface area contributed by atoms with Crippen molar-refractivity contribution in [3.63, 3.8) is 0 Å². The predicted molar refractivity (Wildman–Crippen MR) is 108 cm³/mol. The van der Waals surface area contributed by atoms with Crippen LogP contribution in [0.1, 0.15) is 36.4 Å². The van der Waals surface area contributed by atoms with E-state index in [-0.39, 0.29) is 23.5 Å². The minimum Gasteiger partial charge on any atom is -0.466 e. The molecular weight excluding hydrogens is 387 g/mol. The Morgan fingerprint density at radius 3 is 2.74 bits per heavy atom. The van der Waals surface area contributed by atoms with Crippen molar-refractivity contribution in [2.45, 2.75) is 31.6 Å². The molecule has 0 aliphatic rings. The first-order chi connectivity index (χ1) is 13.0. The number of thiol groups is 1. The molecule has 1 atom stereocenters.